The molecule has 1 atom stereocenters. The third kappa shape index (κ3) is 8.16. The van der Waals surface area contributed by atoms with Crippen LogP contribution in [0.1, 0.15) is 18.0 Å². The van der Waals surface area contributed by atoms with Gasteiger partial charge in [-0.15, -0.1) is 0 Å². The lowest BCUT2D eigenvalue weighted by atomic mass is 10.1. The van der Waals surface area contributed by atoms with Gasteiger partial charge in [0.15, 0.2) is 6.61 Å². The van der Waals surface area contributed by atoms with Crippen molar-refractivity contribution in [1.82, 2.24) is 15.5 Å². The van der Waals surface area contributed by atoms with E-state index >= 15 is 0 Å². The van der Waals surface area contributed by atoms with Crippen molar-refractivity contribution < 1.29 is 27.5 Å². The van der Waals surface area contributed by atoms with Crippen molar-refractivity contribution in [2.45, 2.75) is 18.6 Å². The van der Waals surface area contributed by atoms with E-state index in [0.717, 1.165) is 5.56 Å². The maximum absolute atomic E-state index is 11.9. The number of nitrogens with one attached hydrogen (secondary N) is 2. The van der Waals surface area contributed by atoms with Crippen LogP contribution in [0, 0.1) is 0 Å². The molecular formula is C14H20F3N3O3S. The Hall–Kier alpha value is -1.81. The summed E-state index contributed by atoms with van der Waals surface area (Å²) in [5.41, 5.74) is 1.08. The summed E-state index contributed by atoms with van der Waals surface area (Å²) in [4.78, 5) is 24.7. The highest BCUT2D eigenvalue weighted by atomic mass is 32.1. The molecule has 24 heavy (non-hydrogen) atoms. The normalized spacial score (nSPS) is 12.8. The second kappa shape index (κ2) is 9.48. The Morgan fingerprint density at radius 2 is 2.04 bits per heavy atom. The smallest absolute Gasteiger partial charge is 0.422 e. The van der Waals surface area contributed by atoms with E-state index in [1.54, 1.807) is 11.3 Å². The van der Waals surface area contributed by atoms with Gasteiger partial charge in [0.05, 0.1) is 6.04 Å². The lowest BCUT2D eigenvalue weighted by Gasteiger charge is -2.24. The van der Waals surface area contributed by atoms with Crippen LogP contribution in [0.2, 0.25) is 0 Å². The van der Waals surface area contributed by atoms with Crippen LogP contribution in [0.3, 0.4) is 0 Å². The lowest BCUT2D eigenvalue weighted by Crippen LogP contribution is -2.36. The molecule has 0 unspecified atom stereocenters. The summed E-state index contributed by atoms with van der Waals surface area (Å²) in [6, 6.07) is 1.99. The van der Waals surface area contributed by atoms with Crippen LogP contribution in [0.15, 0.2) is 16.8 Å². The monoisotopic (exact) mass is 367 g/mol. The molecule has 0 aliphatic rings. The number of halogens is 3. The zero-order valence-corrected chi connectivity index (χ0v) is 14.2. The zero-order chi connectivity index (χ0) is 18.2. The maximum atomic E-state index is 11.9. The number of likely N-dealkylation sites (N-methyl/N-ethyl adjacent to an activating group) is 1. The molecule has 0 bridgehead atoms. The van der Waals surface area contributed by atoms with E-state index < -0.39 is 18.9 Å². The van der Waals surface area contributed by atoms with Gasteiger partial charge in [-0.2, -0.15) is 24.5 Å². The Balaban J connectivity index is 2.25. The highest BCUT2D eigenvalue weighted by molar-refractivity contribution is 7.07. The molecule has 0 spiro atoms. The highest BCUT2D eigenvalue weighted by Crippen LogP contribution is 2.19. The molecule has 1 aromatic heterocycles. The van der Waals surface area contributed by atoms with E-state index in [2.05, 4.69) is 15.4 Å². The van der Waals surface area contributed by atoms with E-state index in [4.69, 9.17) is 0 Å². The Morgan fingerprint density at radius 3 is 2.58 bits per heavy atom. The minimum absolute atomic E-state index is 0.0184. The minimum atomic E-state index is -4.57. The van der Waals surface area contributed by atoms with E-state index in [1.165, 1.54) is 0 Å². The van der Waals surface area contributed by atoms with Gasteiger partial charge in [0, 0.05) is 19.5 Å². The molecular weight excluding hydrogens is 347 g/mol. The standard InChI is InChI=1S/C14H20F3N3O3S/c1-20(2)11(10-4-6-24-8-10)7-19-12(21)3-5-18-13(22)23-9-14(15,16)17/h4,6,8,11H,3,5,7,9H2,1-2H3,(H,18,22)(H,19,21)/t11-/m0/s1. The molecule has 0 aromatic carbocycles. The molecule has 0 fully saturated rings. The van der Waals surface area contributed by atoms with Gasteiger partial charge in [0.1, 0.15) is 0 Å². The summed E-state index contributed by atoms with van der Waals surface area (Å²) in [5, 5.41) is 8.77. The molecule has 0 saturated carbocycles. The number of rotatable bonds is 8. The molecule has 0 aliphatic carbocycles. The van der Waals surface area contributed by atoms with Crippen LogP contribution in [-0.4, -0.2) is 56.9 Å². The van der Waals surface area contributed by atoms with Gasteiger partial charge in [-0.25, -0.2) is 4.79 Å². The predicted octanol–water partition coefficient (Wildman–Crippen LogP) is 2.15. The average molecular weight is 367 g/mol. The summed E-state index contributed by atoms with van der Waals surface area (Å²) < 4.78 is 39.5. The van der Waals surface area contributed by atoms with Crippen molar-refractivity contribution in [3.8, 4) is 0 Å². The highest BCUT2D eigenvalue weighted by Gasteiger charge is 2.29. The number of hydrogen-bond acceptors (Lipinski definition) is 5. The van der Waals surface area contributed by atoms with Gasteiger partial charge >= 0.3 is 12.3 Å². The molecule has 10 heteroatoms. The lowest BCUT2D eigenvalue weighted by molar-refractivity contribution is -0.160. The molecule has 0 aliphatic heterocycles. The van der Waals surface area contributed by atoms with Crippen LogP contribution < -0.4 is 10.6 Å². The molecule has 0 radical (unpaired) electrons. The van der Waals surface area contributed by atoms with Crippen LogP contribution >= 0.6 is 11.3 Å². The number of carbonyl (C=O) groups is 2. The Labute approximate surface area is 142 Å². The van der Waals surface area contributed by atoms with Crippen LogP contribution in [0.4, 0.5) is 18.0 Å². The predicted molar refractivity (Wildman–Crippen MR) is 83.8 cm³/mol. The van der Waals surface area contributed by atoms with Gasteiger partial charge in [-0.1, -0.05) is 0 Å². The summed E-state index contributed by atoms with van der Waals surface area (Å²) in [6.45, 7) is -1.37. The summed E-state index contributed by atoms with van der Waals surface area (Å²) in [6.07, 6.45) is -5.83. The molecule has 2 N–H and O–H groups in total. The molecule has 2 amide bonds. The number of hydrogen-bond donors (Lipinski definition) is 2. The molecule has 6 nitrogen and oxygen atoms in total. The molecule has 136 valence electrons. The van der Waals surface area contributed by atoms with Gasteiger partial charge in [-0.05, 0) is 36.5 Å². The van der Waals surface area contributed by atoms with Crippen molar-refractivity contribution in [3.05, 3.63) is 22.4 Å². The Kier molecular flexibility index (Phi) is 7.99. The number of nitrogens with zero attached hydrogens (tertiary/aromatic N) is 1. The van der Waals surface area contributed by atoms with Crippen LogP contribution in [0.25, 0.3) is 0 Å². The number of thiophene rings is 1. The fraction of sp³-hybridized carbons (Fsp3) is 0.571. The van der Waals surface area contributed by atoms with Crippen molar-refractivity contribution in [2.75, 3.05) is 33.8 Å². The number of ether oxygens (including phenoxy) is 1. The topological polar surface area (TPSA) is 70.7 Å². The third-order valence-corrected chi connectivity index (χ3v) is 3.73. The molecule has 1 rings (SSSR count). The third-order valence-electron chi connectivity index (χ3n) is 3.03. The fourth-order valence-electron chi connectivity index (χ4n) is 1.84. The first-order valence-corrected chi connectivity index (χ1v) is 8.06. The van der Waals surface area contributed by atoms with Crippen LogP contribution in [-0.2, 0) is 9.53 Å². The Morgan fingerprint density at radius 1 is 1.33 bits per heavy atom. The molecule has 1 aromatic rings. The van der Waals surface area contributed by atoms with E-state index in [-0.39, 0.29) is 24.9 Å². The second-order valence-corrected chi connectivity index (χ2v) is 5.99. The quantitative estimate of drug-likeness (QED) is 0.739. The van der Waals surface area contributed by atoms with Gasteiger partial charge < -0.3 is 20.3 Å². The van der Waals surface area contributed by atoms with E-state index in [1.807, 2.05) is 35.8 Å². The first kappa shape index (κ1) is 20.2. The van der Waals surface area contributed by atoms with Crippen molar-refractivity contribution in [1.29, 1.82) is 0 Å². The van der Waals surface area contributed by atoms with Crippen molar-refractivity contribution >= 4 is 23.3 Å². The van der Waals surface area contributed by atoms with Crippen molar-refractivity contribution in [2.24, 2.45) is 0 Å². The maximum Gasteiger partial charge on any atom is 0.422 e. The van der Waals surface area contributed by atoms with Gasteiger partial charge in [-0.3, -0.25) is 4.79 Å². The summed E-state index contributed by atoms with van der Waals surface area (Å²) >= 11 is 1.56. The fourth-order valence-corrected chi connectivity index (χ4v) is 2.55. The Bertz CT molecular complexity index is 521. The summed E-state index contributed by atoms with van der Waals surface area (Å²) in [5.74, 6) is -0.312. The largest absolute Gasteiger partial charge is 0.440 e. The van der Waals surface area contributed by atoms with Gasteiger partial charge in [0.2, 0.25) is 5.91 Å². The second-order valence-electron chi connectivity index (χ2n) is 5.21. The minimum Gasteiger partial charge on any atom is -0.440 e. The van der Waals surface area contributed by atoms with Gasteiger partial charge in [0.25, 0.3) is 0 Å². The zero-order valence-electron chi connectivity index (χ0n) is 13.4. The number of alkyl carbamates (subject to hydrolysis) is 1. The van der Waals surface area contributed by atoms with E-state index in [9.17, 15) is 22.8 Å². The molecule has 1 heterocycles. The number of carbonyl (C=O) groups excluding carboxylic acids is 2. The van der Waals surface area contributed by atoms with Crippen LogP contribution in [0.5, 0.6) is 0 Å². The van der Waals surface area contributed by atoms with Crippen molar-refractivity contribution in [3.63, 3.8) is 0 Å². The molecule has 0 saturated heterocycles. The first-order valence-electron chi connectivity index (χ1n) is 7.11. The summed E-state index contributed by atoms with van der Waals surface area (Å²) in [7, 11) is 3.79. The SMILES string of the molecule is CN(C)[C@@H](CNC(=O)CCNC(=O)OCC(F)(F)F)c1ccsc1. The number of amides is 2. The number of alkyl halides is 3. The van der Waals surface area contributed by atoms with E-state index in [0.29, 0.717) is 6.54 Å². The average Bonchev–Trinajstić information content (AvgIpc) is 2.98. The first-order chi connectivity index (χ1) is 11.2.